The van der Waals surface area contributed by atoms with Crippen LogP contribution in [0.2, 0.25) is 0 Å². The molecule has 0 unspecified atom stereocenters. The first kappa shape index (κ1) is 15.9. The molecule has 0 spiro atoms. The highest BCUT2D eigenvalue weighted by Gasteiger charge is 2.23. The molecule has 0 radical (unpaired) electrons. The van der Waals surface area contributed by atoms with E-state index >= 15 is 0 Å². The lowest BCUT2D eigenvalue weighted by atomic mass is 9.92. The molecule has 1 saturated carbocycles. The predicted octanol–water partition coefficient (Wildman–Crippen LogP) is 1.83. The van der Waals surface area contributed by atoms with Crippen LogP contribution in [-0.4, -0.2) is 41.7 Å². The van der Waals surface area contributed by atoms with Crippen LogP contribution in [0.4, 0.5) is 5.82 Å². The third-order valence-electron chi connectivity index (χ3n) is 3.84. The van der Waals surface area contributed by atoms with E-state index in [1.54, 1.807) is 6.33 Å². The van der Waals surface area contributed by atoms with E-state index in [9.17, 15) is 8.42 Å². The Bertz CT molecular complexity index is 768. The highest BCUT2D eigenvalue weighted by Crippen LogP contribution is 2.26. The molecule has 0 saturated heterocycles. The number of anilines is 1. The molecule has 0 bridgehead atoms. The Morgan fingerprint density at radius 1 is 1.23 bits per heavy atom. The smallest absolute Gasteiger partial charge is 0.208 e. The summed E-state index contributed by atoms with van der Waals surface area (Å²) in [6.45, 7) is 0. The van der Waals surface area contributed by atoms with Gasteiger partial charge in [0.25, 0.3) is 0 Å². The molecule has 0 amide bonds. The van der Waals surface area contributed by atoms with Gasteiger partial charge < -0.3 is 10.3 Å². The lowest BCUT2D eigenvalue weighted by Gasteiger charge is -2.29. The van der Waals surface area contributed by atoms with E-state index < -0.39 is 10.0 Å². The van der Waals surface area contributed by atoms with Crippen molar-refractivity contribution in [3.63, 3.8) is 0 Å². The maximum atomic E-state index is 11.3. The summed E-state index contributed by atoms with van der Waals surface area (Å²) in [7, 11) is -3.12. The fraction of sp³-hybridized carbons (Fsp3) is 0.538. The average molecular weight is 435 g/mol. The minimum atomic E-state index is -3.12. The standard InChI is InChI=1S/C13H18IN5O2S/c1-22(20,21)19-9-4-2-8(3-5-9)17-12-10-6-11(14)18-13(10)16-7-15-12/h6-9,19H,2-5H2,1H3,(H2,15,16,17,18). The number of nitrogens with zero attached hydrogens (tertiary/aromatic N) is 2. The summed E-state index contributed by atoms with van der Waals surface area (Å²) in [5, 5.41) is 4.46. The van der Waals surface area contributed by atoms with E-state index in [0.717, 1.165) is 46.2 Å². The molecule has 3 N–H and O–H groups in total. The van der Waals surface area contributed by atoms with Crippen LogP contribution in [0.1, 0.15) is 25.7 Å². The zero-order valence-electron chi connectivity index (χ0n) is 12.1. The van der Waals surface area contributed by atoms with Crippen molar-refractivity contribution in [1.82, 2.24) is 19.7 Å². The molecular formula is C13H18IN5O2S. The van der Waals surface area contributed by atoms with Gasteiger partial charge in [-0.3, -0.25) is 0 Å². The summed E-state index contributed by atoms with van der Waals surface area (Å²) in [4.78, 5) is 11.7. The topological polar surface area (TPSA) is 99.8 Å². The molecular weight excluding hydrogens is 417 g/mol. The normalized spacial score (nSPS) is 22.8. The van der Waals surface area contributed by atoms with Crippen LogP contribution in [0, 0.1) is 3.70 Å². The van der Waals surface area contributed by atoms with Crippen molar-refractivity contribution in [3.05, 3.63) is 16.1 Å². The van der Waals surface area contributed by atoms with Crippen molar-refractivity contribution in [2.45, 2.75) is 37.8 Å². The molecule has 22 heavy (non-hydrogen) atoms. The molecule has 120 valence electrons. The number of halogens is 1. The largest absolute Gasteiger partial charge is 0.367 e. The Labute approximate surface area is 142 Å². The molecule has 1 fully saturated rings. The lowest BCUT2D eigenvalue weighted by molar-refractivity contribution is 0.388. The molecule has 7 nitrogen and oxygen atoms in total. The molecule has 0 atom stereocenters. The zero-order chi connectivity index (χ0) is 15.7. The zero-order valence-corrected chi connectivity index (χ0v) is 15.1. The monoisotopic (exact) mass is 435 g/mol. The van der Waals surface area contributed by atoms with Gasteiger partial charge in [0.2, 0.25) is 10.0 Å². The predicted molar refractivity (Wildman–Crippen MR) is 94.3 cm³/mol. The number of sulfonamides is 1. The van der Waals surface area contributed by atoms with E-state index in [1.807, 2.05) is 6.07 Å². The van der Waals surface area contributed by atoms with E-state index in [0.29, 0.717) is 6.04 Å². The minimum Gasteiger partial charge on any atom is -0.367 e. The molecule has 9 heteroatoms. The van der Waals surface area contributed by atoms with Gasteiger partial charge in [-0.15, -0.1) is 0 Å². The number of aromatic nitrogens is 3. The Hall–Kier alpha value is -0.940. The number of fused-ring (bicyclic) bond motifs is 1. The van der Waals surface area contributed by atoms with Gasteiger partial charge in [-0.25, -0.2) is 23.1 Å². The van der Waals surface area contributed by atoms with Crippen molar-refractivity contribution in [3.8, 4) is 0 Å². The van der Waals surface area contributed by atoms with Gasteiger partial charge in [0, 0.05) is 12.1 Å². The van der Waals surface area contributed by atoms with Crippen LogP contribution in [0.5, 0.6) is 0 Å². The second-order valence-corrected chi connectivity index (χ2v) is 8.63. The number of hydrogen-bond acceptors (Lipinski definition) is 5. The second-order valence-electron chi connectivity index (χ2n) is 5.68. The van der Waals surface area contributed by atoms with Gasteiger partial charge in [-0.05, 0) is 54.3 Å². The first-order valence-electron chi connectivity index (χ1n) is 7.14. The summed E-state index contributed by atoms with van der Waals surface area (Å²) >= 11 is 2.22. The summed E-state index contributed by atoms with van der Waals surface area (Å²) in [6.07, 6.45) is 6.27. The van der Waals surface area contributed by atoms with Crippen LogP contribution >= 0.6 is 22.6 Å². The van der Waals surface area contributed by atoms with Gasteiger partial charge >= 0.3 is 0 Å². The Balaban J connectivity index is 1.65. The molecule has 0 aromatic carbocycles. The number of aromatic amines is 1. The minimum absolute atomic E-state index is 0.0478. The molecule has 1 aliphatic rings. The molecule has 3 rings (SSSR count). The fourth-order valence-corrected chi connectivity index (χ4v) is 4.28. The van der Waals surface area contributed by atoms with Crippen molar-refractivity contribution in [1.29, 1.82) is 0 Å². The fourth-order valence-electron chi connectivity index (χ4n) is 2.87. The molecule has 2 aromatic heterocycles. The van der Waals surface area contributed by atoms with Crippen molar-refractivity contribution in [2.75, 3.05) is 11.6 Å². The quantitative estimate of drug-likeness (QED) is 0.637. The van der Waals surface area contributed by atoms with Gasteiger partial charge in [-0.1, -0.05) is 0 Å². The lowest BCUT2D eigenvalue weighted by Crippen LogP contribution is -2.39. The maximum absolute atomic E-state index is 11.3. The van der Waals surface area contributed by atoms with Gasteiger partial charge in [-0.2, -0.15) is 0 Å². The van der Waals surface area contributed by atoms with Crippen LogP contribution in [-0.2, 0) is 10.0 Å². The van der Waals surface area contributed by atoms with Crippen LogP contribution in [0.15, 0.2) is 12.4 Å². The SMILES string of the molecule is CS(=O)(=O)NC1CCC(Nc2ncnc3[nH]c(I)cc23)CC1. The second kappa shape index (κ2) is 6.28. The number of hydrogen-bond donors (Lipinski definition) is 3. The van der Waals surface area contributed by atoms with Gasteiger partial charge in [0.1, 0.15) is 17.8 Å². The Kier molecular flexibility index (Phi) is 4.55. The van der Waals surface area contributed by atoms with Crippen LogP contribution in [0.3, 0.4) is 0 Å². The third-order valence-corrected chi connectivity index (χ3v) is 5.18. The molecule has 2 heterocycles. The third kappa shape index (κ3) is 3.87. The highest BCUT2D eigenvalue weighted by atomic mass is 127. The summed E-state index contributed by atoms with van der Waals surface area (Å²) < 4.78 is 26.3. The molecule has 0 aliphatic heterocycles. The first-order valence-corrected chi connectivity index (χ1v) is 10.1. The van der Waals surface area contributed by atoms with Crippen molar-refractivity contribution >= 4 is 49.5 Å². The Morgan fingerprint density at radius 2 is 1.91 bits per heavy atom. The van der Waals surface area contributed by atoms with E-state index in [1.165, 1.54) is 6.26 Å². The first-order chi connectivity index (χ1) is 10.4. The van der Waals surface area contributed by atoms with Crippen LogP contribution < -0.4 is 10.0 Å². The number of nitrogens with one attached hydrogen (secondary N) is 3. The molecule has 2 aromatic rings. The summed E-state index contributed by atoms with van der Waals surface area (Å²) in [5.41, 5.74) is 0.828. The maximum Gasteiger partial charge on any atom is 0.208 e. The Morgan fingerprint density at radius 3 is 2.59 bits per heavy atom. The van der Waals surface area contributed by atoms with Crippen LogP contribution in [0.25, 0.3) is 11.0 Å². The highest BCUT2D eigenvalue weighted by molar-refractivity contribution is 14.1. The van der Waals surface area contributed by atoms with Gasteiger partial charge in [0.15, 0.2) is 0 Å². The summed E-state index contributed by atoms with van der Waals surface area (Å²) in [5.74, 6) is 0.837. The average Bonchev–Trinajstić information content (AvgIpc) is 2.81. The number of rotatable bonds is 4. The van der Waals surface area contributed by atoms with Crippen molar-refractivity contribution in [2.24, 2.45) is 0 Å². The van der Waals surface area contributed by atoms with E-state index in [-0.39, 0.29) is 6.04 Å². The summed E-state index contributed by atoms with van der Waals surface area (Å²) in [6, 6.07) is 2.38. The van der Waals surface area contributed by atoms with E-state index in [2.05, 4.69) is 47.6 Å². The van der Waals surface area contributed by atoms with E-state index in [4.69, 9.17) is 0 Å². The number of H-pyrrole nitrogens is 1. The molecule has 1 aliphatic carbocycles. The van der Waals surface area contributed by atoms with Gasteiger partial charge in [0.05, 0.1) is 15.3 Å². The van der Waals surface area contributed by atoms with Crippen molar-refractivity contribution < 1.29 is 8.42 Å².